The van der Waals surface area contributed by atoms with Crippen LogP contribution < -0.4 is 9.47 Å². The van der Waals surface area contributed by atoms with Crippen LogP contribution in [0.2, 0.25) is 0 Å². The fourth-order valence-electron chi connectivity index (χ4n) is 4.79. The van der Waals surface area contributed by atoms with E-state index in [-0.39, 0.29) is 36.7 Å². The number of fused-ring (bicyclic) bond motifs is 3. The number of ether oxygens (including phenoxy) is 2. The second kappa shape index (κ2) is 8.30. The van der Waals surface area contributed by atoms with Gasteiger partial charge in [0.15, 0.2) is 11.5 Å². The highest BCUT2D eigenvalue weighted by molar-refractivity contribution is 6.21. The third-order valence-corrected chi connectivity index (χ3v) is 6.52. The summed E-state index contributed by atoms with van der Waals surface area (Å²) in [7, 11) is 0. The van der Waals surface area contributed by atoms with Gasteiger partial charge in [0.05, 0.1) is 30.4 Å². The van der Waals surface area contributed by atoms with Crippen molar-refractivity contribution in [3.8, 4) is 11.5 Å². The molecule has 3 aliphatic heterocycles. The van der Waals surface area contributed by atoms with Gasteiger partial charge in [-0.05, 0) is 55.2 Å². The lowest BCUT2D eigenvalue weighted by molar-refractivity contribution is -0.133. The Morgan fingerprint density at radius 2 is 1.69 bits per heavy atom. The van der Waals surface area contributed by atoms with Crippen molar-refractivity contribution < 1.29 is 23.9 Å². The topological polar surface area (TPSA) is 76.2 Å². The fourth-order valence-corrected chi connectivity index (χ4v) is 4.79. The fraction of sp³-hybridized carbons (Fsp3) is 0.400. The van der Waals surface area contributed by atoms with E-state index in [1.807, 2.05) is 17.9 Å². The minimum Gasteiger partial charge on any atom is -0.490 e. The van der Waals surface area contributed by atoms with E-state index in [0.717, 1.165) is 29.9 Å². The molecule has 3 amide bonds. The molecule has 0 bridgehead atoms. The molecule has 3 heterocycles. The van der Waals surface area contributed by atoms with Gasteiger partial charge in [0, 0.05) is 25.9 Å². The molecule has 0 radical (unpaired) electrons. The van der Waals surface area contributed by atoms with E-state index in [2.05, 4.69) is 6.07 Å². The van der Waals surface area contributed by atoms with Crippen molar-refractivity contribution in [3.05, 3.63) is 58.7 Å². The first-order valence-corrected chi connectivity index (χ1v) is 11.2. The van der Waals surface area contributed by atoms with Crippen molar-refractivity contribution in [2.75, 3.05) is 26.3 Å². The maximum absolute atomic E-state index is 13.0. The molecule has 0 saturated carbocycles. The summed E-state index contributed by atoms with van der Waals surface area (Å²) in [5, 5.41) is 0. The minimum absolute atomic E-state index is 0.0341. The molecule has 0 fully saturated rings. The summed E-state index contributed by atoms with van der Waals surface area (Å²) in [6.07, 6.45) is 2.35. The Morgan fingerprint density at radius 3 is 2.38 bits per heavy atom. The summed E-state index contributed by atoms with van der Waals surface area (Å²) in [5.41, 5.74) is 3.16. The van der Waals surface area contributed by atoms with Gasteiger partial charge in [-0.3, -0.25) is 19.3 Å². The van der Waals surface area contributed by atoms with Gasteiger partial charge in [-0.2, -0.15) is 0 Å². The van der Waals surface area contributed by atoms with Gasteiger partial charge < -0.3 is 14.4 Å². The number of nitrogens with zero attached hydrogens (tertiary/aromatic N) is 2. The van der Waals surface area contributed by atoms with Crippen LogP contribution in [-0.4, -0.2) is 53.8 Å². The van der Waals surface area contributed by atoms with Crippen molar-refractivity contribution >= 4 is 17.7 Å². The monoisotopic (exact) mass is 434 g/mol. The summed E-state index contributed by atoms with van der Waals surface area (Å²) in [6, 6.07) is 10.8. The predicted octanol–water partition coefficient (Wildman–Crippen LogP) is 3.37. The van der Waals surface area contributed by atoms with Gasteiger partial charge in [0.25, 0.3) is 11.8 Å². The Balaban J connectivity index is 1.22. The van der Waals surface area contributed by atoms with Crippen LogP contribution in [0.5, 0.6) is 11.5 Å². The van der Waals surface area contributed by atoms with Gasteiger partial charge in [-0.25, -0.2) is 0 Å². The van der Waals surface area contributed by atoms with E-state index in [9.17, 15) is 14.4 Å². The van der Waals surface area contributed by atoms with Crippen molar-refractivity contribution in [1.29, 1.82) is 0 Å². The van der Waals surface area contributed by atoms with Crippen molar-refractivity contribution in [2.45, 2.75) is 38.6 Å². The van der Waals surface area contributed by atoms with E-state index in [1.54, 1.807) is 24.3 Å². The minimum atomic E-state index is -0.277. The molecule has 0 N–H and O–H groups in total. The molecule has 7 heteroatoms. The molecular formula is C25H26N2O5. The van der Waals surface area contributed by atoms with Gasteiger partial charge in [-0.1, -0.05) is 12.1 Å². The zero-order chi connectivity index (χ0) is 22.2. The molecule has 0 saturated heterocycles. The molecular weight excluding hydrogens is 408 g/mol. The maximum atomic E-state index is 13.0. The molecule has 1 unspecified atom stereocenters. The van der Waals surface area contributed by atoms with Gasteiger partial charge in [0.1, 0.15) is 0 Å². The first-order valence-electron chi connectivity index (χ1n) is 11.2. The molecule has 2 aromatic carbocycles. The zero-order valence-electron chi connectivity index (χ0n) is 18.1. The molecule has 0 aromatic heterocycles. The largest absolute Gasteiger partial charge is 0.490 e. The van der Waals surface area contributed by atoms with E-state index >= 15 is 0 Å². The molecule has 5 rings (SSSR count). The van der Waals surface area contributed by atoms with Crippen LogP contribution in [0.1, 0.15) is 64.1 Å². The summed E-state index contributed by atoms with van der Waals surface area (Å²) in [6.45, 7) is 4.19. The Bertz CT molecular complexity index is 1060. The van der Waals surface area contributed by atoms with Crippen molar-refractivity contribution in [3.63, 3.8) is 0 Å². The average Bonchev–Trinajstić information content (AvgIpc) is 2.95. The molecule has 0 aliphatic carbocycles. The van der Waals surface area contributed by atoms with Gasteiger partial charge in [0.2, 0.25) is 5.91 Å². The number of carbonyl (C=O) groups is 3. The van der Waals surface area contributed by atoms with Crippen LogP contribution in [0.25, 0.3) is 0 Å². The SMILES string of the molecule is CC1c2cc3c(cc2CCN1C(=O)CCCN1C(=O)c2ccccc2C1=O)OCCCO3. The van der Waals surface area contributed by atoms with Crippen LogP contribution >= 0.6 is 0 Å². The summed E-state index contributed by atoms with van der Waals surface area (Å²) < 4.78 is 11.6. The number of hydrogen-bond acceptors (Lipinski definition) is 5. The Kier molecular flexibility index (Phi) is 5.33. The smallest absolute Gasteiger partial charge is 0.261 e. The maximum Gasteiger partial charge on any atom is 0.261 e. The Hall–Kier alpha value is -3.35. The number of carbonyl (C=O) groups excluding carboxylic acids is 3. The highest BCUT2D eigenvalue weighted by Crippen LogP contribution is 2.39. The quantitative estimate of drug-likeness (QED) is 0.690. The van der Waals surface area contributed by atoms with E-state index in [1.165, 1.54) is 10.5 Å². The van der Waals surface area contributed by atoms with Crippen LogP contribution in [0, 0.1) is 0 Å². The summed E-state index contributed by atoms with van der Waals surface area (Å²) >= 11 is 0. The van der Waals surface area contributed by atoms with Crippen LogP contribution in [0.15, 0.2) is 36.4 Å². The molecule has 3 aliphatic rings. The Labute approximate surface area is 186 Å². The second-order valence-corrected chi connectivity index (χ2v) is 8.47. The van der Waals surface area contributed by atoms with Crippen LogP contribution in [0.3, 0.4) is 0 Å². The third-order valence-electron chi connectivity index (χ3n) is 6.52. The normalized spacial score (nSPS) is 19.5. The molecule has 0 spiro atoms. The van der Waals surface area contributed by atoms with Crippen LogP contribution in [0.4, 0.5) is 0 Å². The lowest BCUT2D eigenvalue weighted by Gasteiger charge is -2.36. The number of amides is 3. The summed E-state index contributed by atoms with van der Waals surface area (Å²) in [5.74, 6) is 1.01. The highest BCUT2D eigenvalue weighted by atomic mass is 16.5. The number of rotatable bonds is 4. The van der Waals surface area contributed by atoms with E-state index in [4.69, 9.17) is 9.47 Å². The molecule has 1 atom stereocenters. The van der Waals surface area contributed by atoms with E-state index in [0.29, 0.717) is 37.3 Å². The number of hydrogen-bond donors (Lipinski definition) is 0. The molecule has 166 valence electrons. The molecule has 7 nitrogen and oxygen atoms in total. The van der Waals surface area contributed by atoms with Crippen molar-refractivity contribution in [1.82, 2.24) is 9.80 Å². The standard InChI is InChI=1S/C25H26N2O5/c1-16-20-15-22-21(31-12-5-13-32-22)14-17(20)9-11-26(16)23(28)8-4-10-27-24(29)18-6-2-3-7-19(18)25(27)30/h2-3,6-7,14-16H,4-5,8-13H2,1H3. The van der Waals surface area contributed by atoms with Gasteiger partial charge in [-0.15, -0.1) is 0 Å². The lowest BCUT2D eigenvalue weighted by Crippen LogP contribution is -2.39. The van der Waals surface area contributed by atoms with E-state index < -0.39 is 0 Å². The average molecular weight is 434 g/mol. The van der Waals surface area contributed by atoms with Gasteiger partial charge >= 0.3 is 0 Å². The summed E-state index contributed by atoms with van der Waals surface area (Å²) in [4.78, 5) is 41.1. The predicted molar refractivity (Wildman–Crippen MR) is 117 cm³/mol. The Morgan fingerprint density at radius 1 is 1.03 bits per heavy atom. The number of benzene rings is 2. The van der Waals surface area contributed by atoms with Crippen molar-refractivity contribution in [2.24, 2.45) is 0 Å². The lowest BCUT2D eigenvalue weighted by atomic mass is 9.92. The molecule has 32 heavy (non-hydrogen) atoms. The zero-order valence-corrected chi connectivity index (χ0v) is 18.1. The first kappa shape index (κ1) is 20.5. The number of imide groups is 1. The highest BCUT2D eigenvalue weighted by Gasteiger charge is 2.35. The third kappa shape index (κ3) is 3.51. The first-order chi connectivity index (χ1) is 15.5. The second-order valence-electron chi connectivity index (χ2n) is 8.47. The van der Waals surface area contributed by atoms with Crippen LogP contribution in [-0.2, 0) is 11.2 Å². The molecule has 2 aromatic rings.